The van der Waals surface area contributed by atoms with E-state index in [1.54, 1.807) is 19.1 Å². The maximum absolute atomic E-state index is 13.2. The molecule has 0 saturated carbocycles. The molecule has 108 valence electrons. The van der Waals surface area contributed by atoms with Crippen LogP contribution in [0.2, 0.25) is 0 Å². The quantitative estimate of drug-likeness (QED) is 0.946. The van der Waals surface area contributed by atoms with Gasteiger partial charge in [-0.05, 0) is 56.1 Å². The van der Waals surface area contributed by atoms with Crippen molar-refractivity contribution in [2.45, 2.75) is 19.8 Å². The highest BCUT2D eigenvalue weighted by atomic mass is 35.5. The Morgan fingerprint density at radius 1 is 1.45 bits per heavy atom. The van der Waals surface area contributed by atoms with Crippen LogP contribution in [0.4, 0.5) is 4.39 Å². The van der Waals surface area contributed by atoms with E-state index in [9.17, 15) is 4.39 Å². The number of rotatable bonds is 3. The van der Waals surface area contributed by atoms with Gasteiger partial charge in [-0.25, -0.2) is 4.39 Å². The Morgan fingerprint density at radius 2 is 2.30 bits per heavy atom. The maximum Gasteiger partial charge on any atom is 0.227 e. The molecule has 1 atom stereocenters. The number of halogens is 2. The van der Waals surface area contributed by atoms with Crippen LogP contribution in [0.25, 0.3) is 11.4 Å². The van der Waals surface area contributed by atoms with Gasteiger partial charge in [-0.2, -0.15) is 4.98 Å². The van der Waals surface area contributed by atoms with Crippen molar-refractivity contribution < 1.29 is 8.91 Å². The minimum absolute atomic E-state index is 0. The van der Waals surface area contributed by atoms with Crippen molar-refractivity contribution in [1.29, 1.82) is 0 Å². The molecule has 4 nitrogen and oxygen atoms in total. The Kier molecular flexibility index (Phi) is 4.73. The summed E-state index contributed by atoms with van der Waals surface area (Å²) in [5, 5.41) is 7.28. The standard InChI is InChI=1S/C14H16FN3O.ClH/c1-9-6-11(2-3-12(9)15)14-17-13(19-18-14)7-10-4-5-16-8-10;/h2-3,6,10,16H,4-5,7-8H2,1H3;1H. The van der Waals surface area contributed by atoms with Gasteiger partial charge in [-0.15, -0.1) is 12.4 Å². The molecular weight excluding hydrogens is 281 g/mol. The second kappa shape index (κ2) is 6.33. The fraction of sp³-hybridized carbons (Fsp3) is 0.429. The SMILES string of the molecule is Cc1cc(-c2noc(CC3CCNC3)n2)ccc1F.Cl. The normalized spacial score (nSPS) is 18.0. The van der Waals surface area contributed by atoms with E-state index in [0.717, 1.165) is 31.5 Å². The molecule has 1 aliphatic heterocycles. The number of hydrogen-bond acceptors (Lipinski definition) is 4. The predicted molar refractivity (Wildman–Crippen MR) is 76.4 cm³/mol. The molecule has 1 aromatic carbocycles. The molecule has 2 heterocycles. The van der Waals surface area contributed by atoms with Crippen LogP contribution in [-0.2, 0) is 6.42 Å². The highest BCUT2D eigenvalue weighted by Crippen LogP contribution is 2.21. The fourth-order valence-corrected chi connectivity index (χ4v) is 2.37. The molecule has 1 N–H and O–H groups in total. The highest BCUT2D eigenvalue weighted by Gasteiger charge is 2.18. The van der Waals surface area contributed by atoms with Crippen LogP contribution in [0.15, 0.2) is 22.7 Å². The van der Waals surface area contributed by atoms with E-state index in [0.29, 0.717) is 23.2 Å². The Hall–Kier alpha value is -1.46. The summed E-state index contributed by atoms with van der Waals surface area (Å²) in [6, 6.07) is 4.84. The van der Waals surface area contributed by atoms with Crippen molar-refractivity contribution in [2.75, 3.05) is 13.1 Å². The molecule has 0 bridgehead atoms. The van der Waals surface area contributed by atoms with Gasteiger partial charge in [0.25, 0.3) is 0 Å². The summed E-state index contributed by atoms with van der Waals surface area (Å²) in [5.41, 5.74) is 1.38. The first-order chi connectivity index (χ1) is 9.22. The third-order valence-corrected chi connectivity index (χ3v) is 3.51. The van der Waals surface area contributed by atoms with E-state index in [4.69, 9.17) is 4.52 Å². The number of benzene rings is 1. The monoisotopic (exact) mass is 297 g/mol. The van der Waals surface area contributed by atoms with Crippen LogP contribution in [-0.4, -0.2) is 23.2 Å². The maximum atomic E-state index is 13.2. The van der Waals surface area contributed by atoms with E-state index < -0.39 is 0 Å². The summed E-state index contributed by atoms with van der Waals surface area (Å²) < 4.78 is 18.5. The minimum Gasteiger partial charge on any atom is -0.339 e. The van der Waals surface area contributed by atoms with Crippen molar-refractivity contribution in [2.24, 2.45) is 5.92 Å². The summed E-state index contributed by atoms with van der Waals surface area (Å²) in [6.07, 6.45) is 1.95. The van der Waals surface area contributed by atoms with Gasteiger partial charge < -0.3 is 9.84 Å². The Bertz CT molecular complexity index is 582. The summed E-state index contributed by atoms with van der Waals surface area (Å²) in [5.74, 6) is 1.54. The van der Waals surface area contributed by atoms with Crippen LogP contribution >= 0.6 is 12.4 Å². The van der Waals surface area contributed by atoms with Crippen LogP contribution in [0.5, 0.6) is 0 Å². The van der Waals surface area contributed by atoms with Gasteiger partial charge in [-0.1, -0.05) is 5.16 Å². The molecular formula is C14H17ClFN3O. The van der Waals surface area contributed by atoms with Gasteiger partial charge >= 0.3 is 0 Å². The van der Waals surface area contributed by atoms with Crippen molar-refractivity contribution >= 4 is 12.4 Å². The molecule has 20 heavy (non-hydrogen) atoms. The molecule has 2 aromatic rings. The molecule has 1 aliphatic rings. The van der Waals surface area contributed by atoms with E-state index >= 15 is 0 Å². The van der Waals surface area contributed by atoms with Crippen molar-refractivity contribution in [3.63, 3.8) is 0 Å². The van der Waals surface area contributed by atoms with Crippen LogP contribution in [0, 0.1) is 18.7 Å². The van der Waals surface area contributed by atoms with Crippen LogP contribution < -0.4 is 5.32 Å². The number of hydrogen-bond donors (Lipinski definition) is 1. The van der Waals surface area contributed by atoms with E-state index in [1.165, 1.54) is 6.07 Å². The molecule has 0 amide bonds. The first-order valence-electron chi connectivity index (χ1n) is 6.52. The second-order valence-electron chi connectivity index (χ2n) is 5.04. The number of nitrogens with one attached hydrogen (secondary N) is 1. The topological polar surface area (TPSA) is 51.0 Å². The molecule has 3 rings (SSSR count). The third-order valence-electron chi connectivity index (χ3n) is 3.51. The van der Waals surface area contributed by atoms with Crippen LogP contribution in [0.3, 0.4) is 0 Å². The second-order valence-corrected chi connectivity index (χ2v) is 5.04. The molecule has 1 fully saturated rings. The molecule has 1 saturated heterocycles. The highest BCUT2D eigenvalue weighted by molar-refractivity contribution is 5.85. The first kappa shape index (κ1) is 14.9. The van der Waals surface area contributed by atoms with Crippen molar-refractivity contribution in [1.82, 2.24) is 15.5 Å². The summed E-state index contributed by atoms with van der Waals surface area (Å²) in [7, 11) is 0. The first-order valence-corrected chi connectivity index (χ1v) is 6.52. The molecule has 0 radical (unpaired) electrons. The Labute approximate surface area is 123 Å². The lowest BCUT2D eigenvalue weighted by molar-refractivity contribution is 0.358. The molecule has 0 spiro atoms. The third kappa shape index (κ3) is 3.16. The smallest absolute Gasteiger partial charge is 0.227 e. The number of aryl methyl sites for hydroxylation is 1. The zero-order valence-corrected chi connectivity index (χ0v) is 12.0. The Morgan fingerprint density at radius 3 is 3.00 bits per heavy atom. The van der Waals surface area contributed by atoms with Gasteiger partial charge in [0.2, 0.25) is 11.7 Å². The molecule has 0 aliphatic carbocycles. The van der Waals surface area contributed by atoms with E-state index in [2.05, 4.69) is 15.5 Å². The average Bonchev–Trinajstić information content (AvgIpc) is 3.05. The summed E-state index contributed by atoms with van der Waals surface area (Å²) >= 11 is 0. The number of nitrogens with zero attached hydrogens (tertiary/aromatic N) is 2. The molecule has 1 aromatic heterocycles. The van der Waals surface area contributed by atoms with Crippen molar-refractivity contribution in [3.05, 3.63) is 35.5 Å². The number of aromatic nitrogens is 2. The largest absolute Gasteiger partial charge is 0.339 e. The van der Waals surface area contributed by atoms with Gasteiger partial charge in [0.15, 0.2) is 0 Å². The lowest BCUT2D eigenvalue weighted by atomic mass is 10.1. The predicted octanol–water partition coefficient (Wildman–Crippen LogP) is 2.76. The van der Waals surface area contributed by atoms with Gasteiger partial charge in [-0.3, -0.25) is 0 Å². The lowest BCUT2D eigenvalue weighted by Gasteiger charge is -2.02. The van der Waals surface area contributed by atoms with Crippen molar-refractivity contribution in [3.8, 4) is 11.4 Å². The fourth-order valence-electron chi connectivity index (χ4n) is 2.37. The molecule has 6 heteroatoms. The Balaban J connectivity index is 0.00000147. The summed E-state index contributed by atoms with van der Waals surface area (Å²) in [6.45, 7) is 3.79. The zero-order chi connectivity index (χ0) is 13.2. The zero-order valence-electron chi connectivity index (χ0n) is 11.2. The van der Waals surface area contributed by atoms with Gasteiger partial charge in [0.05, 0.1) is 0 Å². The average molecular weight is 298 g/mol. The van der Waals surface area contributed by atoms with E-state index in [-0.39, 0.29) is 18.2 Å². The summed E-state index contributed by atoms with van der Waals surface area (Å²) in [4.78, 5) is 4.39. The lowest BCUT2D eigenvalue weighted by Crippen LogP contribution is -2.10. The minimum atomic E-state index is -0.218. The molecule has 1 unspecified atom stereocenters. The van der Waals surface area contributed by atoms with Gasteiger partial charge in [0.1, 0.15) is 5.82 Å². The van der Waals surface area contributed by atoms with E-state index in [1.807, 2.05) is 0 Å². The van der Waals surface area contributed by atoms with Gasteiger partial charge in [0, 0.05) is 12.0 Å². The van der Waals surface area contributed by atoms with Crippen LogP contribution in [0.1, 0.15) is 17.9 Å².